The van der Waals surface area contributed by atoms with Crippen molar-refractivity contribution in [1.82, 2.24) is 10.2 Å². The molecule has 0 atom stereocenters. The highest BCUT2D eigenvalue weighted by Gasteiger charge is 2.19. The van der Waals surface area contributed by atoms with Gasteiger partial charge in [0.15, 0.2) is 11.6 Å². The van der Waals surface area contributed by atoms with Gasteiger partial charge >= 0.3 is 0 Å². The molecule has 154 valence electrons. The van der Waals surface area contributed by atoms with E-state index in [1.54, 1.807) is 0 Å². The van der Waals surface area contributed by atoms with E-state index in [1.165, 1.54) is 30.3 Å². The highest BCUT2D eigenvalue weighted by Crippen LogP contribution is 2.36. The van der Waals surface area contributed by atoms with E-state index in [-0.39, 0.29) is 45.0 Å². The van der Waals surface area contributed by atoms with Gasteiger partial charge in [-0.05, 0) is 52.3 Å². The highest BCUT2D eigenvalue weighted by atomic mass is 79.9. The third-order valence-corrected chi connectivity index (χ3v) is 5.47. The van der Waals surface area contributed by atoms with E-state index >= 15 is 4.39 Å². The predicted molar refractivity (Wildman–Crippen MR) is 118 cm³/mol. The zero-order chi connectivity index (χ0) is 22.0. The Bertz CT molecular complexity index is 1320. The molecule has 0 N–H and O–H groups in total. The van der Waals surface area contributed by atoms with Crippen molar-refractivity contribution in [2.45, 2.75) is 6.42 Å². The van der Waals surface area contributed by atoms with Crippen LogP contribution in [-0.4, -0.2) is 10.2 Å². The molecule has 5 nitrogen and oxygen atoms in total. The molecule has 4 rings (SSSR count). The second kappa shape index (κ2) is 9.06. The average Bonchev–Trinajstić information content (AvgIpc) is 3.21. The summed E-state index contributed by atoms with van der Waals surface area (Å²) in [6.07, 6.45) is 0.0375. The van der Waals surface area contributed by atoms with Crippen molar-refractivity contribution < 1.29 is 13.5 Å². The Morgan fingerprint density at radius 3 is 2.68 bits per heavy atom. The largest absolute Gasteiger partial charge is 0.453 e. The lowest BCUT2D eigenvalue weighted by atomic mass is 10.1. The molecule has 31 heavy (non-hydrogen) atoms. The summed E-state index contributed by atoms with van der Waals surface area (Å²) >= 11 is 15.6. The number of halogens is 4. The number of hydrogen-bond donors (Lipinski definition) is 0. The predicted octanol–water partition coefficient (Wildman–Crippen LogP) is 7.20. The molecule has 0 saturated carbocycles. The molecule has 0 amide bonds. The molecule has 1 aromatic heterocycles. The lowest BCUT2D eigenvalue weighted by molar-refractivity contribution is 0.437. The van der Waals surface area contributed by atoms with Gasteiger partial charge in [0.05, 0.1) is 28.6 Å². The number of nitrogens with zero attached hydrogens (tertiary/aromatic N) is 3. The zero-order valence-corrected chi connectivity index (χ0v) is 18.7. The van der Waals surface area contributed by atoms with Gasteiger partial charge in [0, 0.05) is 15.1 Å². The van der Waals surface area contributed by atoms with Crippen molar-refractivity contribution >= 4 is 39.1 Å². The quantitative estimate of drug-likeness (QED) is 0.279. The van der Waals surface area contributed by atoms with E-state index in [0.29, 0.717) is 5.89 Å². The van der Waals surface area contributed by atoms with Crippen LogP contribution < -0.4 is 4.74 Å². The number of rotatable bonds is 5. The third-order valence-electron chi connectivity index (χ3n) is 4.26. The smallest absolute Gasteiger partial charge is 0.248 e. The number of nitriles is 1. The van der Waals surface area contributed by atoms with Gasteiger partial charge in [-0.15, -0.1) is 10.2 Å². The maximum atomic E-state index is 15.2. The third kappa shape index (κ3) is 4.72. The lowest BCUT2D eigenvalue weighted by Gasteiger charge is -2.11. The van der Waals surface area contributed by atoms with Gasteiger partial charge < -0.3 is 9.15 Å². The van der Waals surface area contributed by atoms with Crippen LogP contribution >= 0.6 is 39.1 Å². The number of aromatic nitrogens is 2. The van der Waals surface area contributed by atoms with Crippen molar-refractivity contribution in [2.24, 2.45) is 0 Å². The molecule has 9 heteroatoms. The van der Waals surface area contributed by atoms with Crippen LogP contribution in [-0.2, 0) is 6.42 Å². The Balaban J connectivity index is 1.62. The van der Waals surface area contributed by atoms with Crippen LogP contribution in [0.2, 0.25) is 10.0 Å². The molecule has 1 heterocycles. The molecular formula is C22H11BrCl2FN3O2. The molecule has 0 spiro atoms. The van der Waals surface area contributed by atoms with Crippen LogP contribution in [0.3, 0.4) is 0 Å². The fourth-order valence-electron chi connectivity index (χ4n) is 2.84. The molecule has 0 aliphatic carbocycles. The number of hydrogen-bond acceptors (Lipinski definition) is 5. The van der Waals surface area contributed by atoms with Crippen LogP contribution in [0.15, 0.2) is 63.5 Å². The van der Waals surface area contributed by atoms with Crippen molar-refractivity contribution in [3.05, 3.63) is 92.0 Å². The molecule has 0 bridgehead atoms. The SMILES string of the molecule is N#Cc1cc(Cl)cc(Oc2c(Cl)ccc(Cc3nnc(-c4ccccc4Br)o3)c2F)c1. The van der Waals surface area contributed by atoms with Crippen LogP contribution in [0.25, 0.3) is 11.5 Å². The van der Waals surface area contributed by atoms with Crippen LogP contribution in [0, 0.1) is 17.1 Å². The van der Waals surface area contributed by atoms with Gasteiger partial charge in [-0.25, -0.2) is 4.39 Å². The summed E-state index contributed by atoms with van der Waals surface area (Å²) in [6, 6.07) is 16.8. The van der Waals surface area contributed by atoms with Crippen LogP contribution in [0.4, 0.5) is 4.39 Å². The number of benzene rings is 3. The van der Waals surface area contributed by atoms with E-state index in [1.807, 2.05) is 30.3 Å². The van der Waals surface area contributed by atoms with E-state index in [2.05, 4.69) is 26.1 Å². The van der Waals surface area contributed by atoms with Gasteiger partial charge in [-0.3, -0.25) is 0 Å². The van der Waals surface area contributed by atoms with Gasteiger partial charge in [0.1, 0.15) is 5.75 Å². The minimum Gasteiger partial charge on any atom is -0.453 e. The topological polar surface area (TPSA) is 71.9 Å². The van der Waals surface area contributed by atoms with Crippen molar-refractivity contribution in [3.8, 4) is 29.0 Å². The summed E-state index contributed by atoms with van der Waals surface area (Å²) < 4.78 is 27.3. The second-order valence-electron chi connectivity index (χ2n) is 6.40. The van der Waals surface area contributed by atoms with Gasteiger partial charge in [0.25, 0.3) is 0 Å². The monoisotopic (exact) mass is 517 g/mol. The second-order valence-corrected chi connectivity index (χ2v) is 8.09. The standard InChI is InChI=1S/C22H11BrCl2FN3O2/c23-17-4-2-1-3-16(17)22-29-28-19(31-22)9-13-5-6-18(25)21(20(13)26)30-15-8-12(11-27)7-14(24)10-15/h1-8,10H,9H2. The molecule has 0 fully saturated rings. The van der Waals surface area contributed by atoms with Gasteiger partial charge in [-0.1, -0.05) is 41.4 Å². The Morgan fingerprint density at radius 2 is 1.90 bits per heavy atom. The first-order valence-corrected chi connectivity index (χ1v) is 10.4. The fourth-order valence-corrected chi connectivity index (χ4v) is 3.70. The molecule has 0 aliphatic heterocycles. The zero-order valence-electron chi connectivity index (χ0n) is 15.6. The Morgan fingerprint density at radius 1 is 1.10 bits per heavy atom. The molecular weight excluding hydrogens is 508 g/mol. The maximum absolute atomic E-state index is 15.2. The lowest BCUT2D eigenvalue weighted by Crippen LogP contribution is -1.98. The summed E-state index contributed by atoms with van der Waals surface area (Å²) in [5.74, 6) is -0.123. The maximum Gasteiger partial charge on any atom is 0.248 e. The molecule has 4 aromatic rings. The van der Waals surface area contributed by atoms with Crippen LogP contribution in [0.5, 0.6) is 11.5 Å². The fraction of sp³-hybridized carbons (Fsp3) is 0.0455. The molecule has 0 unspecified atom stereocenters. The Hall–Kier alpha value is -2.92. The first-order chi connectivity index (χ1) is 14.9. The van der Waals surface area contributed by atoms with E-state index in [0.717, 1.165) is 10.0 Å². The normalized spacial score (nSPS) is 10.7. The van der Waals surface area contributed by atoms with E-state index in [4.69, 9.17) is 37.6 Å². The molecule has 3 aromatic carbocycles. The van der Waals surface area contributed by atoms with Crippen molar-refractivity contribution in [3.63, 3.8) is 0 Å². The summed E-state index contributed by atoms with van der Waals surface area (Å²) in [6.45, 7) is 0. The minimum absolute atomic E-state index is 0.0375. The molecule has 0 radical (unpaired) electrons. The van der Waals surface area contributed by atoms with E-state index < -0.39 is 5.82 Å². The van der Waals surface area contributed by atoms with Crippen molar-refractivity contribution in [1.29, 1.82) is 5.26 Å². The van der Waals surface area contributed by atoms with E-state index in [9.17, 15) is 0 Å². The Labute approximate surface area is 195 Å². The van der Waals surface area contributed by atoms with Gasteiger partial charge in [-0.2, -0.15) is 5.26 Å². The molecule has 0 aliphatic rings. The minimum atomic E-state index is -0.674. The molecule has 0 saturated heterocycles. The first-order valence-electron chi connectivity index (χ1n) is 8.87. The number of ether oxygens (including phenoxy) is 1. The summed E-state index contributed by atoms with van der Waals surface area (Å²) in [7, 11) is 0. The highest BCUT2D eigenvalue weighted by molar-refractivity contribution is 9.10. The average molecular weight is 519 g/mol. The summed E-state index contributed by atoms with van der Waals surface area (Å²) in [5.41, 5.74) is 1.26. The van der Waals surface area contributed by atoms with Gasteiger partial charge in [0.2, 0.25) is 11.8 Å². The summed E-state index contributed by atoms with van der Waals surface area (Å²) in [4.78, 5) is 0. The summed E-state index contributed by atoms with van der Waals surface area (Å²) in [5, 5.41) is 17.5. The first kappa shape index (κ1) is 21.3. The van der Waals surface area contributed by atoms with Crippen molar-refractivity contribution in [2.75, 3.05) is 0 Å². The Kier molecular flexibility index (Phi) is 6.23. The van der Waals surface area contributed by atoms with Crippen LogP contribution in [0.1, 0.15) is 17.0 Å².